The summed E-state index contributed by atoms with van der Waals surface area (Å²) in [5.74, 6) is -0.364. The van der Waals surface area contributed by atoms with Crippen LogP contribution in [0.15, 0.2) is 12.1 Å². The molecule has 2 N–H and O–H groups in total. The molecule has 116 valence electrons. The minimum Gasteiger partial charge on any atom is -0.505 e. The summed E-state index contributed by atoms with van der Waals surface area (Å²) in [7, 11) is 0. The van der Waals surface area contributed by atoms with Crippen LogP contribution in [-0.2, 0) is 0 Å². The molecule has 3 rings (SSSR count). The molecule has 21 heavy (non-hydrogen) atoms. The van der Waals surface area contributed by atoms with Crippen LogP contribution in [0.3, 0.4) is 0 Å². The molecule has 0 unspecified atom stereocenters. The summed E-state index contributed by atoms with van der Waals surface area (Å²) < 4.78 is 13.9. The molecule has 0 amide bonds. The zero-order valence-electron chi connectivity index (χ0n) is 12.1. The molecule has 1 heterocycles. The topological polar surface area (TPSA) is 35.5 Å². The number of nitrogens with zero attached hydrogens (tertiary/aromatic N) is 1. The number of aromatic hydroxyl groups is 1. The molecule has 1 aromatic rings. The average molecular weight is 313 g/mol. The standard InChI is InChI=1S/C16H22ClFN2O/c17-12-9-13(16(21)14(18)10-12)15(11-3-1-2-4-11)20-7-5-19-6-8-20/h9-11,15,19,21H,1-8H2/t15-/m1/s1. The first-order valence-electron chi connectivity index (χ1n) is 7.79. The first kappa shape index (κ1) is 15.1. The normalized spacial score (nSPS) is 22.6. The molecule has 1 saturated heterocycles. The van der Waals surface area contributed by atoms with Crippen LogP contribution >= 0.6 is 11.6 Å². The first-order valence-corrected chi connectivity index (χ1v) is 8.17. The zero-order chi connectivity index (χ0) is 14.8. The fourth-order valence-corrected chi connectivity index (χ4v) is 4.01. The van der Waals surface area contributed by atoms with E-state index in [2.05, 4.69) is 10.2 Å². The lowest BCUT2D eigenvalue weighted by atomic mass is 9.89. The van der Waals surface area contributed by atoms with Gasteiger partial charge in [-0.2, -0.15) is 0 Å². The van der Waals surface area contributed by atoms with E-state index in [9.17, 15) is 9.50 Å². The van der Waals surface area contributed by atoms with Crippen molar-refractivity contribution in [2.45, 2.75) is 31.7 Å². The Morgan fingerprint density at radius 2 is 1.90 bits per heavy atom. The van der Waals surface area contributed by atoms with Crippen molar-refractivity contribution in [3.05, 3.63) is 28.5 Å². The van der Waals surface area contributed by atoms with Gasteiger partial charge in [-0.15, -0.1) is 0 Å². The molecular weight excluding hydrogens is 291 g/mol. The van der Waals surface area contributed by atoms with Crippen LogP contribution in [0.1, 0.15) is 37.3 Å². The van der Waals surface area contributed by atoms with Crippen LogP contribution in [0.5, 0.6) is 5.75 Å². The lowest BCUT2D eigenvalue weighted by Crippen LogP contribution is -2.46. The molecule has 0 aromatic heterocycles. The highest BCUT2D eigenvalue weighted by atomic mass is 35.5. The Labute approximate surface area is 130 Å². The summed E-state index contributed by atoms with van der Waals surface area (Å²) >= 11 is 6.03. The third kappa shape index (κ3) is 3.17. The van der Waals surface area contributed by atoms with Gasteiger partial charge in [0, 0.05) is 42.8 Å². The van der Waals surface area contributed by atoms with Gasteiger partial charge >= 0.3 is 0 Å². The van der Waals surface area contributed by atoms with Gasteiger partial charge in [0.05, 0.1) is 0 Å². The maximum absolute atomic E-state index is 13.9. The van der Waals surface area contributed by atoms with Gasteiger partial charge < -0.3 is 10.4 Å². The number of rotatable bonds is 3. The number of hydrogen-bond donors (Lipinski definition) is 2. The largest absolute Gasteiger partial charge is 0.505 e. The summed E-state index contributed by atoms with van der Waals surface area (Å²) in [6.07, 6.45) is 4.72. The van der Waals surface area contributed by atoms with E-state index in [0.29, 0.717) is 16.5 Å². The third-order valence-corrected chi connectivity index (χ3v) is 4.99. The third-order valence-electron chi connectivity index (χ3n) is 4.77. The van der Waals surface area contributed by atoms with E-state index in [1.165, 1.54) is 18.9 Å². The second-order valence-electron chi connectivity index (χ2n) is 6.10. The van der Waals surface area contributed by atoms with E-state index in [0.717, 1.165) is 39.0 Å². The smallest absolute Gasteiger partial charge is 0.166 e. The number of benzene rings is 1. The number of phenols is 1. The van der Waals surface area contributed by atoms with Crippen LogP contribution in [0, 0.1) is 11.7 Å². The fraction of sp³-hybridized carbons (Fsp3) is 0.625. The van der Waals surface area contributed by atoms with Gasteiger partial charge in [0.2, 0.25) is 0 Å². The average Bonchev–Trinajstić information content (AvgIpc) is 2.99. The number of phenolic OH excluding ortho intramolecular Hbond substituents is 1. The van der Waals surface area contributed by atoms with E-state index in [1.54, 1.807) is 6.07 Å². The number of nitrogens with one attached hydrogen (secondary N) is 1. The van der Waals surface area contributed by atoms with Gasteiger partial charge in [-0.05, 0) is 30.9 Å². The molecule has 1 atom stereocenters. The quantitative estimate of drug-likeness (QED) is 0.898. The molecule has 2 aliphatic rings. The SMILES string of the molecule is Oc1c(F)cc(Cl)cc1[C@@H](C1CCCC1)N1CCNCC1. The maximum atomic E-state index is 13.9. The predicted molar refractivity (Wildman–Crippen MR) is 82.2 cm³/mol. The Morgan fingerprint density at radius 3 is 2.57 bits per heavy atom. The molecular formula is C16H22ClFN2O. The second-order valence-corrected chi connectivity index (χ2v) is 6.54. The van der Waals surface area contributed by atoms with Crippen LogP contribution in [0.4, 0.5) is 4.39 Å². The Morgan fingerprint density at radius 1 is 1.24 bits per heavy atom. The Hall–Kier alpha value is -0.840. The maximum Gasteiger partial charge on any atom is 0.166 e. The lowest BCUT2D eigenvalue weighted by Gasteiger charge is -2.39. The molecule has 2 fully saturated rings. The van der Waals surface area contributed by atoms with E-state index >= 15 is 0 Å². The van der Waals surface area contributed by atoms with Gasteiger partial charge in [0.15, 0.2) is 11.6 Å². The predicted octanol–water partition coefficient (Wildman–Crippen LogP) is 3.32. The molecule has 1 aliphatic carbocycles. The molecule has 1 saturated carbocycles. The number of hydrogen-bond acceptors (Lipinski definition) is 3. The van der Waals surface area contributed by atoms with Crippen molar-refractivity contribution in [3.63, 3.8) is 0 Å². The monoisotopic (exact) mass is 312 g/mol. The first-order chi connectivity index (χ1) is 10.2. The number of piperazine rings is 1. The number of halogens is 2. The van der Waals surface area contributed by atoms with Gasteiger partial charge in [0.25, 0.3) is 0 Å². The Bertz CT molecular complexity index is 499. The van der Waals surface area contributed by atoms with Crippen LogP contribution < -0.4 is 5.32 Å². The summed E-state index contributed by atoms with van der Waals surface area (Å²) in [6.45, 7) is 3.73. The van der Waals surface area contributed by atoms with E-state index in [-0.39, 0.29) is 11.8 Å². The minimum atomic E-state index is -0.615. The van der Waals surface area contributed by atoms with E-state index in [4.69, 9.17) is 11.6 Å². The summed E-state index contributed by atoms with van der Waals surface area (Å²) in [6, 6.07) is 3.00. The van der Waals surface area contributed by atoms with E-state index in [1.807, 2.05) is 0 Å². The van der Waals surface area contributed by atoms with E-state index < -0.39 is 5.82 Å². The van der Waals surface area contributed by atoms with Gasteiger partial charge in [-0.3, -0.25) is 4.90 Å². The van der Waals surface area contributed by atoms with Gasteiger partial charge in [-0.25, -0.2) is 4.39 Å². The van der Waals surface area contributed by atoms with Gasteiger partial charge in [-0.1, -0.05) is 24.4 Å². The molecule has 0 bridgehead atoms. The van der Waals surface area contributed by atoms with Crippen LogP contribution in [-0.4, -0.2) is 36.2 Å². The zero-order valence-corrected chi connectivity index (χ0v) is 12.9. The molecule has 1 aromatic carbocycles. The fourth-order valence-electron chi connectivity index (χ4n) is 3.79. The minimum absolute atomic E-state index is 0.0720. The molecule has 3 nitrogen and oxygen atoms in total. The van der Waals surface area contributed by atoms with Gasteiger partial charge in [0.1, 0.15) is 0 Å². The Kier molecular flexibility index (Phi) is 4.67. The van der Waals surface area contributed by atoms with Crippen molar-refractivity contribution in [2.75, 3.05) is 26.2 Å². The highest BCUT2D eigenvalue weighted by molar-refractivity contribution is 6.30. The van der Waals surface area contributed by atoms with Crippen molar-refractivity contribution in [3.8, 4) is 5.75 Å². The molecule has 0 radical (unpaired) electrons. The van der Waals surface area contributed by atoms with Crippen molar-refractivity contribution < 1.29 is 9.50 Å². The lowest BCUT2D eigenvalue weighted by molar-refractivity contribution is 0.123. The highest BCUT2D eigenvalue weighted by Crippen LogP contribution is 2.43. The summed E-state index contributed by atoms with van der Waals surface area (Å²) in [4.78, 5) is 2.37. The molecule has 1 aliphatic heterocycles. The highest BCUT2D eigenvalue weighted by Gasteiger charge is 2.34. The van der Waals surface area contributed by atoms with Crippen molar-refractivity contribution >= 4 is 11.6 Å². The van der Waals surface area contributed by atoms with Crippen molar-refractivity contribution in [2.24, 2.45) is 5.92 Å². The van der Waals surface area contributed by atoms with Crippen LogP contribution in [0.2, 0.25) is 5.02 Å². The molecule has 0 spiro atoms. The summed E-state index contributed by atoms with van der Waals surface area (Å²) in [5, 5.41) is 13.9. The second kappa shape index (κ2) is 6.51. The molecule has 5 heteroatoms. The van der Waals surface area contributed by atoms with Crippen molar-refractivity contribution in [1.29, 1.82) is 0 Å². The van der Waals surface area contributed by atoms with Crippen molar-refractivity contribution in [1.82, 2.24) is 10.2 Å². The van der Waals surface area contributed by atoms with Crippen LogP contribution in [0.25, 0.3) is 0 Å². The summed E-state index contributed by atoms with van der Waals surface area (Å²) in [5.41, 5.74) is 0.661. The Balaban J connectivity index is 1.97.